The average Bonchev–Trinajstić information content (AvgIpc) is 2.61. The van der Waals surface area contributed by atoms with Gasteiger partial charge in [0.15, 0.2) is 5.13 Å². The Hall–Kier alpha value is -0.750. The molecule has 0 bridgehead atoms. The number of aromatic nitrogens is 1. The van der Waals surface area contributed by atoms with Gasteiger partial charge in [0.1, 0.15) is 6.04 Å². The Kier molecular flexibility index (Phi) is 4.21. The van der Waals surface area contributed by atoms with Crippen LogP contribution in [-0.4, -0.2) is 27.9 Å². The minimum Gasteiger partial charge on any atom is -0.480 e. The molecule has 0 radical (unpaired) electrons. The number of carboxylic acid groups (broad SMARTS) is 1. The van der Waals surface area contributed by atoms with Crippen LogP contribution in [-0.2, 0) is 10.2 Å². The maximum absolute atomic E-state index is 10.8. The van der Waals surface area contributed by atoms with E-state index in [1.54, 1.807) is 0 Å². The van der Waals surface area contributed by atoms with Crippen LogP contribution in [0.4, 0.5) is 5.13 Å². The summed E-state index contributed by atoms with van der Waals surface area (Å²) in [5, 5.41) is 14.3. The van der Waals surface area contributed by atoms with Crippen LogP contribution in [0.2, 0.25) is 0 Å². The fourth-order valence-corrected chi connectivity index (χ4v) is 2.26. The van der Waals surface area contributed by atoms with Crippen LogP contribution >= 0.6 is 24.0 Å². The summed E-state index contributed by atoms with van der Waals surface area (Å²) in [6.07, 6.45) is 0. The third-order valence-electron chi connectivity index (χ3n) is 2.05. The molecule has 90 valence electrons. The molecule has 4 nitrogen and oxygen atoms in total. The molecule has 1 rings (SSSR count). The average molecular weight is 260 g/mol. The number of rotatable bonds is 4. The van der Waals surface area contributed by atoms with Crippen LogP contribution in [0, 0.1) is 0 Å². The van der Waals surface area contributed by atoms with Gasteiger partial charge >= 0.3 is 5.97 Å². The first-order chi connectivity index (χ1) is 7.34. The number of hydrogen-bond acceptors (Lipinski definition) is 5. The lowest BCUT2D eigenvalue weighted by molar-refractivity contribution is -0.137. The zero-order valence-corrected chi connectivity index (χ0v) is 11.2. The standard InChI is InChI=1S/C10H16N2O2S2/c1-10(2,3)7-5-16-9(12-7)11-6(4-15)8(13)14/h5-6,15H,4H2,1-3H3,(H,11,12)(H,13,14)/t6-/m0/s1. The molecule has 0 aromatic carbocycles. The number of anilines is 1. The minimum absolute atomic E-state index is 0.0177. The van der Waals surface area contributed by atoms with Crippen LogP contribution in [0.3, 0.4) is 0 Å². The van der Waals surface area contributed by atoms with Crippen molar-refractivity contribution in [2.75, 3.05) is 11.1 Å². The van der Waals surface area contributed by atoms with Crippen molar-refractivity contribution in [1.82, 2.24) is 4.98 Å². The Morgan fingerprint density at radius 3 is 2.69 bits per heavy atom. The predicted molar refractivity (Wildman–Crippen MR) is 69.7 cm³/mol. The predicted octanol–water partition coefficient (Wildman–Crippen LogP) is 2.24. The second-order valence-corrected chi connectivity index (χ2v) is 5.73. The number of nitrogens with one attached hydrogen (secondary N) is 1. The van der Waals surface area contributed by atoms with Gasteiger partial charge in [-0.2, -0.15) is 12.6 Å². The molecule has 2 N–H and O–H groups in total. The van der Waals surface area contributed by atoms with Gasteiger partial charge in [-0.25, -0.2) is 9.78 Å². The maximum Gasteiger partial charge on any atom is 0.327 e. The van der Waals surface area contributed by atoms with Gasteiger partial charge in [-0.3, -0.25) is 0 Å². The van der Waals surface area contributed by atoms with Crippen LogP contribution in [0.15, 0.2) is 5.38 Å². The van der Waals surface area contributed by atoms with E-state index in [1.165, 1.54) is 11.3 Å². The number of aliphatic carboxylic acids is 1. The fourth-order valence-electron chi connectivity index (χ4n) is 1.02. The third kappa shape index (κ3) is 3.38. The van der Waals surface area contributed by atoms with Gasteiger partial charge in [0.25, 0.3) is 0 Å². The number of carboxylic acids is 1. The maximum atomic E-state index is 10.8. The first kappa shape index (κ1) is 13.3. The molecule has 16 heavy (non-hydrogen) atoms. The SMILES string of the molecule is CC(C)(C)c1csc(N[C@@H](CS)C(=O)O)n1. The third-order valence-corrected chi connectivity index (χ3v) is 3.19. The Balaban J connectivity index is 2.76. The van der Waals surface area contributed by atoms with Gasteiger partial charge in [0.2, 0.25) is 0 Å². The molecule has 1 atom stereocenters. The van der Waals surface area contributed by atoms with E-state index in [0.717, 1.165) is 5.69 Å². The molecule has 0 saturated heterocycles. The summed E-state index contributed by atoms with van der Waals surface area (Å²) < 4.78 is 0. The van der Waals surface area contributed by atoms with Crippen molar-refractivity contribution in [3.05, 3.63) is 11.1 Å². The molecule has 0 aliphatic heterocycles. The fraction of sp³-hybridized carbons (Fsp3) is 0.600. The lowest BCUT2D eigenvalue weighted by Crippen LogP contribution is -2.30. The van der Waals surface area contributed by atoms with Crippen molar-refractivity contribution in [1.29, 1.82) is 0 Å². The molecule has 0 fully saturated rings. The van der Waals surface area contributed by atoms with E-state index in [2.05, 4.69) is 43.7 Å². The molecule has 0 amide bonds. The summed E-state index contributed by atoms with van der Waals surface area (Å²) in [5.41, 5.74) is 0.944. The van der Waals surface area contributed by atoms with E-state index < -0.39 is 12.0 Å². The van der Waals surface area contributed by atoms with Gasteiger partial charge in [0, 0.05) is 16.5 Å². The highest BCUT2D eigenvalue weighted by Gasteiger charge is 2.20. The molecule has 0 aliphatic carbocycles. The highest BCUT2D eigenvalue weighted by molar-refractivity contribution is 7.80. The van der Waals surface area contributed by atoms with Gasteiger partial charge < -0.3 is 10.4 Å². The van der Waals surface area contributed by atoms with Crippen molar-refractivity contribution >= 4 is 35.1 Å². The van der Waals surface area contributed by atoms with E-state index in [0.29, 0.717) is 5.13 Å². The number of thiol groups is 1. The topological polar surface area (TPSA) is 62.2 Å². The molecule has 6 heteroatoms. The van der Waals surface area contributed by atoms with Gasteiger partial charge in [-0.1, -0.05) is 20.8 Å². The van der Waals surface area contributed by atoms with E-state index in [-0.39, 0.29) is 11.2 Å². The molecule has 1 heterocycles. The van der Waals surface area contributed by atoms with E-state index in [1.807, 2.05) is 5.38 Å². The zero-order chi connectivity index (χ0) is 12.3. The molecular formula is C10H16N2O2S2. The quantitative estimate of drug-likeness (QED) is 0.727. The molecule has 0 saturated carbocycles. The number of nitrogens with zero attached hydrogens (tertiary/aromatic N) is 1. The van der Waals surface area contributed by atoms with Crippen LogP contribution < -0.4 is 5.32 Å². The summed E-state index contributed by atoms with van der Waals surface area (Å²) >= 11 is 5.40. The van der Waals surface area contributed by atoms with Gasteiger partial charge in [0.05, 0.1) is 5.69 Å². The molecule has 1 aromatic rings. The second kappa shape index (κ2) is 5.05. The van der Waals surface area contributed by atoms with Crippen molar-refractivity contribution in [2.24, 2.45) is 0 Å². The Morgan fingerprint density at radius 2 is 2.31 bits per heavy atom. The summed E-state index contributed by atoms with van der Waals surface area (Å²) in [6.45, 7) is 6.21. The Morgan fingerprint density at radius 1 is 1.69 bits per heavy atom. The number of thiazole rings is 1. The lowest BCUT2D eigenvalue weighted by Gasteiger charge is -2.14. The van der Waals surface area contributed by atoms with E-state index in [9.17, 15) is 4.79 Å². The molecular weight excluding hydrogens is 244 g/mol. The van der Waals surface area contributed by atoms with Crippen molar-refractivity contribution in [3.63, 3.8) is 0 Å². The van der Waals surface area contributed by atoms with Gasteiger partial charge in [-0.05, 0) is 0 Å². The largest absolute Gasteiger partial charge is 0.480 e. The normalized spacial score (nSPS) is 13.5. The van der Waals surface area contributed by atoms with Crippen LogP contribution in [0.1, 0.15) is 26.5 Å². The summed E-state index contributed by atoms with van der Waals surface area (Å²) in [7, 11) is 0. The Labute approximate surface area is 105 Å². The summed E-state index contributed by atoms with van der Waals surface area (Å²) in [6, 6.07) is -0.692. The van der Waals surface area contributed by atoms with Crippen LogP contribution in [0.25, 0.3) is 0 Å². The summed E-state index contributed by atoms with van der Waals surface area (Å²) in [5.74, 6) is -0.678. The summed E-state index contributed by atoms with van der Waals surface area (Å²) in [4.78, 5) is 15.2. The number of carbonyl (C=O) groups is 1. The highest BCUT2D eigenvalue weighted by Crippen LogP contribution is 2.26. The number of hydrogen-bond donors (Lipinski definition) is 3. The smallest absolute Gasteiger partial charge is 0.327 e. The van der Waals surface area contributed by atoms with Crippen LogP contribution in [0.5, 0.6) is 0 Å². The highest BCUT2D eigenvalue weighted by atomic mass is 32.1. The first-order valence-electron chi connectivity index (χ1n) is 4.91. The van der Waals surface area contributed by atoms with E-state index in [4.69, 9.17) is 5.11 Å². The molecule has 0 unspecified atom stereocenters. The molecule has 0 aliphatic rings. The second-order valence-electron chi connectivity index (χ2n) is 4.51. The van der Waals surface area contributed by atoms with E-state index >= 15 is 0 Å². The molecule has 1 aromatic heterocycles. The van der Waals surface area contributed by atoms with Gasteiger partial charge in [-0.15, -0.1) is 11.3 Å². The zero-order valence-electron chi connectivity index (χ0n) is 9.52. The van der Waals surface area contributed by atoms with Crippen molar-refractivity contribution in [2.45, 2.75) is 32.2 Å². The monoisotopic (exact) mass is 260 g/mol. The minimum atomic E-state index is -0.914. The Bertz CT molecular complexity index is 371. The molecule has 0 spiro atoms. The first-order valence-corrected chi connectivity index (χ1v) is 6.42. The van der Waals surface area contributed by atoms with Crippen molar-refractivity contribution < 1.29 is 9.90 Å². The van der Waals surface area contributed by atoms with Crippen molar-refractivity contribution in [3.8, 4) is 0 Å². The lowest BCUT2D eigenvalue weighted by atomic mass is 9.93.